The maximum Gasteiger partial charge on any atom is 0.332 e. The molecule has 0 amide bonds. The van der Waals surface area contributed by atoms with Gasteiger partial charge in [-0.05, 0) is 50.2 Å². The van der Waals surface area contributed by atoms with E-state index >= 15 is 0 Å². The van der Waals surface area contributed by atoms with Gasteiger partial charge in [-0.15, -0.1) is 0 Å². The number of ether oxygens (including phenoxy) is 3. The molecular weight excluding hydrogens is 402 g/mol. The third-order valence-electron chi connectivity index (χ3n) is 4.32. The van der Waals surface area contributed by atoms with Gasteiger partial charge in [-0.25, -0.2) is 4.98 Å². The minimum Gasteiger partial charge on any atom is -0.497 e. The highest BCUT2D eigenvalue weighted by molar-refractivity contribution is 5.71. The van der Waals surface area contributed by atoms with E-state index in [0.717, 1.165) is 0 Å². The number of aromatic nitrogens is 2. The molecule has 0 aliphatic rings. The van der Waals surface area contributed by atoms with E-state index in [9.17, 15) is 10.1 Å². The molecule has 2 N–H and O–H groups in total. The summed E-state index contributed by atoms with van der Waals surface area (Å²) in [6.45, 7) is 4.00. The summed E-state index contributed by atoms with van der Waals surface area (Å²) in [5.74, 6) is 2.09. The average Bonchev–Trinajstić information content (AvgIpc) is 2.75. The molecule has 0 aliphatic heterocycles. The summed E-state index contributed by atoms with van der Waals surface area (Å²) in [6, 6.07) is 12.3. The fraction of sp³-hybridized carbons (Fsp3) is 0.238. The van der Waals surface area contributed by atoms with Gasteiger partial charge in [-0.1, -0.05) is 0 Å². The van der Waals surface area contributed by atoms with Crippen molar-refractivity contribution in [1.82, 2.24) is 9.97 Å². The van der Waals surface area contributed by atoms with E-state index < -0.39 is 4.92 Å². The van der Waals surface area contributed by atoms with Crippen LogP contribution in [0.5, 0.6) is 17.2 Å². The number of rotatable bonds is 9. The monoisotopic (exact) mass is 425 g/mol. The Balaban J connectivity index is 1.95. The Morgan fingerprint density at radius 2 is 1.71 bits per heavy atom. The molecule has 0 spiro atoms. The molecule has 162 valence electrons. The Bertz CT molecular complexity index is 1070. The smallest absolute Gasteiger partial charge is 0.332 e. The van der Waals surface area contributed by atoms with Gasteiger partial charge in [0.2, 0.25) is 11.8 Å². The predicted molar refractivity (Wildman–Crippen MR) is 117 cm³/mol. The van der Waals surface area contributed by atoms with Crippen LogP contribution in [-0.4, -0.2) is 35.7 Å². The number of nitrogens with one attached hydrogen (secondary N) is 2. The first-order valence-electron chi connectivity index (χ1n) is 9.47. The second-order valence-corrected chi connectivity index (χ2v) is 6.36. The van der Waals surface area contributed by atoms with Crippen LogP contribution in [0, 0.1) is 17.0 Å². The Kier molecular flexibility index (Phi) is 6.71. The van der Waals surface area contributed by atoms with Crippen LogP contribution in [0.25, 0.3) is 0 Å². The number of benzene rings is 2. The van der Waals surface area contributed by atoms with Crippen LogP contribution in [0.1, 0.15) is 12.6 Å². The number of nitro groups is 1. The summed E-state index contributed by atoms with van der Waals surface area (Å²) < 4.78 is 16.0. The summed E-state index contributed by atoms with van der Waals surface area (Å²) >= 11 is 0. The van der Waals surface area contributed by atoms with Crippen LogP contribution in [-0.2, 0) is 0 Å². The first-order valence-corrected chi connectivity index (χ1v) is 9.47. The second kappa shape index (κ2) is 9.61. The molecular formula is C21H23N5O5. The van der Waals surface area contributed by atoms with E-state index in [2.05, 4.69) is 20.6 Å². The molecule has 2 aromatic carbocycles. The van der Waals surface area contributed by atoms with Crippen LogP contribution < -0.4 is 24.8 Å². The summed E-state index contributed by atoms with van der Waals surface area (Å²) in [4.78, 5) is 19.7. The van der Waals surface area contributed by atoms with Gasteiger partial charge in [-0.3, -0.25) is 10.1 Å². The van der Waals surface area contributed by atoms with Crippen molar-refractivity contribution in [3.8, 4) is 17.2 Å². The molecule has 0 saturated heterocycles. The third-order valence-corrected chi connectivity index (χ3v) is 4.32. The minimum atomic E-state index is -0.510. The number of nitrogens with zero attached hydrogens (tertiary/aromatic N) is 3. The van der Waals surface area contributed by atoms with Crippen LogP contribution >= 0.6 is 0 Å². The Hall–Kier alpha value is -4.08. The number of aryl methyl sites for hydroxylation is 1. The van der Waals surface area contributed by atoms with E-state index in [-0.39, 0.29) is 23.1 Å². The minimum absolute atomic E-state index is 0.0663. The van der Waals surface area contributed by atoms with E-state index in [1.165, 1.54) is 7.11 Å². The molecule has 1 aromatic heterocycles. The Morgan fingerprint density at radius 1 is 1.00 bits per heavy atom. The van der Waals surface area contributed by atoms with Crippen molar-refractivity contribution < 1.29 is 19.1 Å². The van der Waals surface area contributed by atoms with E-state index in [4.69, 9.17) is 14.2 Å². The van der Waals surface area contributed by atoms with Crippen molar-refractivity contribution in [1.29, 1.82) is 0 Å². The number of hydrogen-bond acceptors (Lipinski definition) is 9. The van der Waals surface area contributed by atoms with Crippen LogP contribution in [0.3, 0.4) is 0 Å². The van der Waals surface area contributed by atoms with E-state index in [0.29, 0.717) is 35.2 Å². The molecule has 31 heavy (non-hydrogen) atoms. The van der Waals surface area contributed by atoms with Gasteiger partial charge in [0.05, 0.1) is 31.4 Å². The molecule has 0 radical (unpaired) electrons. The summed E-state index contributed by atoms with van der Waals surface area (Å²) in [5, 5.41) is 17.7. The lowest BCUT2D eigenvalue weighted by atomic mass is 10.2. The lowest BCUT2D eigenvalue weighted by Crippen LogP contribution is -2.08. The van der Waals surface area contributed by atoms with Crippen molar-refractivity contribution >= 4 is 28.8 Å². The van der Waals surface area contributed by atoms with Crippen molar-refractivity contribution in [2.24, 2.45) is 0 Å². The Morgan fingerprint density at radius 3 is 2.32 bits per heavy atom. The number of hydrogen-bond donors (Lipinski definition) is 2. The largest absolute Gasteiger partial charge is 0.497 e. The number of anilines is 4. The maximum absolute atomic E-state index is 11.6. The first kappa shape index (κ1) is 21.6. The van der Waals surface area contributed by atoms with E-state index in [1.54, 1.807) is 56.5 Å². The van der Waals surface area contributed by atoms with E-state index in [1.807, 2.05) is 6.92 Å². The SMILES string of the molecule is CCOc1ccc(Nc2nc(Nc3ccc(OC)cc3OC)nc(C)c2[N+](=O)[O-])cc1. The molecule has 0 fully saturated rings. The lowest BCUT2D eigenvalue weighted by molar-refractivity contribution is -0.385. The second-order valence-electron chi connectivity index (χ2n) is 6.36. The van der Waals surface area contributed by atoms with Gasteiger partial charge in [0, 0.05) is 11.8 Å². The van der Waals surface area contributed by atoms with Gasteiger partial charge in [0.1, 0.15) is 22.9 Å². The van der Waals surface area contributed by atoms with Gasteiger partial charge < -0.3 is 24.8 Å². The molecule has 1 heterocycles. The quantitative estimate of drug-likeness (QED) is 0.374. The molecule has 0 aliphatic carbocycles. The fourth-order valence-corrected chi connectivity index (χ4v) is 2.89. The molecule has 3 rings (SSSR count). The first-order chi connectivity index (χ1) is 14.9. The summed E-state index contributed by atoms with van der Waals surface area (Å²) in [5.41, 5.74) is 1.21. The zero-order valence-electron chi connectivity index (χ0n) is 17.6. The van der Waals surface area contributed by atoms with Crippen molar-refractivity contribution in [3.63, 3.8) is 0 Å². The van der Waals surface area contributed by atoms with Gasteiger partial charge in [-0.2, -0.15) is 4.98 Å². The van der Waals surface area contributed by atoms with Crippen LogP contribution in [0.2, 0.25) is 0 Å². The highest BCUT2D eigenvalue weighted by Crippen LogP contribution is 2.34. The number of methoxy groups -OCH3 is 2. The molecule has 0 atom stereocenters. The molecule has 10 heteroatoms. The van der Waals surface area contributed by atoms with Gasteiger partial charge in [0.25, 0.3) is 0 Å². The normalized spacial score (nSPS) is 10.3. The van der Waals surface area contributed by atoms with Crippen LogP contribution in [0.15, 0.2) is 42.5 Å². The zero-order valence-corrected chi connectivity index (χ0v) is 17.6. The van der Waals surface area contributed by atoms with Crippen LogP contribution in [0.4, 0.5) is 28.8 Å². The molecule has 3 aromatic rings. The third kappa shape index (κ3) is 5.10. The fourth-order valence-electron chi connectivity index (χ4n) is 2.89. The van der Waals surface area contributed by atoms with Crippen molar-refractivity contribution in [3.05, 3.63) is 58.3 Å². The lowest BCUT2D eigenvalue weighted by Gasteiger charge is -2.14. The zero-order chi connectivity index (χ0) is 22.4. The average molecular weight is 425 g/mol. The summed E-state index contributed by atoms with van der Waals surface area (Å²) in [6.07, 6.45) is 0. The standard InChI is InChI=1S/C21H23N5O5/c1-5-31-15-8-6-14(7-9-15)23-20-19(26(27)28)13(2)22-21(25-20)24-17-11-10-16(29-3)12-18(17)30-4/h6-12H,5H2,1-4H3,(H2,22,23,24,25). The maximum atomic E-state index is 11.6. The highest BCUT2D eigenvalue weighted by Gasteiger charge is 2.23. The Labute approximate surface area is 179 Å². The van der Waals surface area contributed by atoms with Crippen molar-refractivity contribution in [2.75, 3.05) is 31.5 Å². The molecule has 10 nitrogen and oxygen atoms in total. The van der Waals surface area contributed by atoms with Gasteiger partial charge >= 0.3 is 5.69 Å². The summed E-state index contributed by atoms with van der Waals surface area (Å²) in [7, 11) is 3.09. The predicted octanol–water partition coefficient (Wildman–Crippen LogP) is 4.60. The molecule has 0 bridgehead atoms. The highest BCUT2D eigenvalue weighted by atomic mass is 16.6. The van der Waals surface area contributed by atoms with Crippen molar-refractivity contribution in [2.45, 2.75) is 13.8 Å². The molecule has 0 unspecified atom stereocenters. The van der Waals surface area contributed by atoms with Gasteiger partial charge in [0.15, 0.2) is 0 Å². The molecule has 0 saturated carbocycles. The topological polar surface area (TPSA) is 121 Å².